The predicted molar refractivity (Wildman–Crippen MR) is 72.4 cm³/mol. The molecule has 2 atom stereocenters. The Morgan fingerprint density at radius 3 is 3.00 bits per heavy atom. The van der Waals surface area contributed by atoms with Gasteiger partial charge in [-0.15, -0.1) is 0 Å². The molecule has 3 nitrogen and oxygen atoms in total. The molecule has 2 unspecified atom stereocenters. The van der Waals surface area contributed by atoms with Gasteiger partial charge in [0.25, 0.3) is 0 Å². The zero-order chi connectivity index (χ0) is 14.5. The number of hydrogen-bond donors (Lipinski definition) is 1. The molecule has 1 aromatic rings. The van der Waals surface area contributed by atoms with Crippen molar-refractivity contribution in [1.29, 1.82) is 0 Å². The summed E-state index contributed by atoms with van der Waals surface area (Å²) in [6.45, 7) is 3.33. The van der Waals surface area contributed by atoms with Crippen LogP contribution < -0.4 is 0 Å². The molecular weight excluding hydrogens is 264 g/mol. The van der Waals surface area contributed by atoms with Crippen LogP contribution in [0.3, 0.4) is 0 Å². The summed E-state index contributed by atoms with van der Waals surface area (Å²) in [7, 11) is 1.69. The highest BCUT2D eigenvalue weighted by Crippen LogP contribution is 2.23. The van der Waals surface area contributed by atoms with Gasteiger partial charge in [0.1, 0.15) is 0 Å². The van der Waals surface area contributed by atoms with Crippen LogP contribution in [0.15, 0.2) is 18.2 Å². The Kier molecular flexibility index (Phi) is 5.46. The first-order valence-electron chi connectivity index (χ1n) is 6.95. The van der Waals surface area contributed by atoms with Crippen LogP contribution in [0.4, 0.5) is 8.78 Å². The van der Waals surface area contributed by atoms with E-state index in [9.17, 15) is 13.9 Å². The van der Waals surface area contributed by atoms with Crippen molar-refractivity contribution < 1.29 is 18.6 Å². The number of halogens is 2. The van der Waals surface area contributed by atoms with Gasteiger partial charge >= 0.3 is 0 Å². The van der Waals surface area contributed by atoms with Crippen LogP contribution in [-0.2, 0) is 4.74 Å². The van der Waals surface area contributed by atoms with Crippen LogP contribution in [0.2, 0.25) is 0 Å². The SMILES string of the molecule is COCC1CCN(CCC(O)c2cccc(F)c2F)C1. The molecule has 112 valence electrons. The average molecular weight is 285 g/mol. The summed E-state index contributed by atoms with van der Waals surface area (Å²) in [5.74, 6) is -1.33. The van der Waals surface area contributed by atoms with Gasteiger partial charge in [0.15, 0.2) is 11.6 Å². The second-order valence-electron chi connectivity index (χ2n) is 5.36. The van der Waals surface area contributed by atoms with E-state index < -0.39 is 17.7 Å². The summed E-state index contributed by atoms with van der Waals surface area (Å²) in [5, 5.41) is 10.00. The first kappa shape index (κ1) is 15.4. The summed E-state index contributed by atoms with van der Waals surface area (Å²) in [4.78, 5) is 2.23. The highest BCUT2D eigenvalue weighted by atomic mass is 19.2. The molecule has 1 aromatic carbocycles. The Balaban J connectivity index is 1.84. The third kappa shape index (κ3) is 3.75. The largest absolute Gasteiger partial charge is 0.388 e. The third-order valence-electron chi connectivity index (χ3n) is 3.83. The minimum atomic E-state index is -0.966. The van der Waals surface area contributed by atoms with E-state index >= 15 is 0 Å². The van der Waals surface area contributed by atoms with Crippen LogP contribution in [0.5, 0.6) is 0 Å². The maximum absolute atomic E-state index is 13.5. The number of aliphatic hydroxyl groups is 1. The van der Waals surface area contributed by atoms with Crippen molar-refractivity contribution in [2.75, 3.05) is 33.4 Å². The molecule has 0 amide bonds. The molecular formula is C15H21F2NO2. The molecule has 1 fully saturated rings. The lowest BCUT2D eigenvalue weighted by Gasteiger charge is -2.19. The van der Waals surface area contributed by atoms with E-state index in [0.717, 1.165) is 32.2 Å². The van der Waals surface area contributed by atoms with Gasteiger partial charge in [-0.2, -0.15) is 0 Å². The van der Waals surface area contributed by atoms with Gasteiger partial charge < -0.3 is 14.7 Å². The normalized spacial score (nSPS) is 21.3. The first-order valence-corrected chi connectivity index (χ1v) is 6.95. The summed E-state index contributed by atoms with van der Waals surface area (Å²) in [6.07, 6.45) is 0.519. The van der Waals surface area contributed by atoms with Crippen LogP contribution >= 0.6 is 0 Å². The molecule has 20 heavy (non-hydrogen) atoms. The predicted octanol–water partition coefficient (Wildman–Crippen LogP) is 2.36. The van der Waals surface area contributed by atoms with E-state index in [1.54, 1.807) is 7.11 Å². The molecule has 0 spiro atoms. The lowest BCUT2D eigenvalue weighted by molar-refractivity contribution is 0.134. The second-order valence-corrected chi connectivity index (χ2v) is 5.36. The molecule has 1 heterocycles. The zero-order valence-corrected chi connectivity index (χ0v) is 11.7. The Morgan fingerprint density at radius 1 is 1.45 bits per heavy atom. The topological polar surface area (TPSA) is 32.7 Å². The monoisotopic (exact) mass is 285 g/mol. The van der Waals surface area contributed by atoms with Gasteiger partial charge in [-0.1, -0.05) is 12.1 Å². The summed E-state index contributed by atoms with van der Waals surface area (Å²) in [5.41, 5.74) is 0.0395. The lowest BCUT2D eigenvalue weighted by atomic mass is 10.1. The fourth-order valence-corrected chi connectivity index (χ4v) is 2.73. The van der Waals surface area contributed by atoms with Crippen LogP contribution in [0.1, 0.15) is 24.5 Å². The number of rotatable bonds is 6. The molecule has 1 aliphatic rings. The zero-order valence-electron chi connectivity index (χ0n) is 11.7. The van der Waals surface area contributed by atoms with Gasteiger partial charge in [-0.05, 0) is 31.4 Å². The van der Waals surface area contributed by atoms with E-state index in [4.69, 9.17) is 4.74 Å². The van der Waals surface area contributed by atoms with E-state index in [-0.39, 0.29) is 5.56 Å². The van der Waals surface area contributed by atoms with Crippen molar-refractivity contribution in [3.05, 3.63) is 35.4 Å². The Labute approximate surface area is 118 Å². The Hall–Kier alpha value is -1.04. The van der Waals surface area contributed by atoms with Gasteiger partial charge in [0.2, 0.25) is 0 Å². The van der Waals surface area contributed by atoms with Crippen molar-refractivity contribution in [2.24, 2.45) is 5.92 Å². The molecule has 0 radical (unpaired) electrons. The molecule has 0 aromatic heterocycles. The van der Waals surface area contributed by atoms with Crippen molar-refractivity contribution in [1.82, 2.24) is 4.90 Å². The van der Waals surface area contributed by atoms with Crippen LogP contribution in [0, 0.1) is 17.6 Å². The molecule has 0 bridgehead atoms. The maximum atomic E-state index is 13.5. The number of ether oxygens (including phenoxy) is 1. The van der Waals surface area contributed by atoms with Crippen molar-refractivity contribution in [3.63, 3.8) is 0 Å². The smallest absolute Gasteiger partial charge is 0.164 e. The summed E-state index contributed by atoms with van der Waals surface area (Å²) >= 11 is 0. The molecule has 2 rings (SSSR count). The van der Waals surface area contributed by atoms with Crippen molar-refractivity contribution in [3.8, 4) is 0 Å². The van der Waals surface area contributed by atoms with E-state index in [0.29, 0.717) is 18.9 Å². The number of benzene rings is 1. The van der Waals surface area contributed by atoms with Gasteiger partial charge in [-0.25, -0.2) is 8.78 Å². The minimum absolute atomic E-state index is 0.0395. The highest BCUT2D eigenvalue weighted by Gasteiger charge is 2.23. The standard InChI is InChI=1S/C15H21F2NO2/c1-20-10-11-5-7-18(9-11)8-6-14(19)12-3-2-4-13(16)15(12)17/h2-4,11,14,19H,5-10H2,1H3. The first-order chi connectivity index (χ1) is 9.61. The Morgan fingerprint density at radius 2 is 2.25 bits per heavy atom. The molecule has 5 heteroatoms. The quantitative estimate of drug-likeness (QED) is 0.871. The van der Waals surface area contributed by atoms with E-state index in [1.807, 2.05) is 0 Å². The summed E-state index contributed by atoms with van der Waals surface area (Å²) in [6, 6.07) is 3.91. The fourth-order valence-electron chi connectivity index (χ4n) is 2.73. The number of likely N-dealkylation sites (tertiary alicyclic amines) is 1. The van der Waals surface area contributed by atoms with Crippen molar-refractivity contribution >= 4 is 0 Å². The fraction of sp³-hybridized carbons (Fsp3) is 0.600. The van der Waals surface area contributed by atoms with Gasteiger partial charge in [0, 0.05) is 25.8 Å². The third-order valence-corrected chi connectivity index (χ3v) is 3.83. The van der Waals surface area contributed by atoms with E-state index in [2.05, 4.69) is 4.90 Å². The molecule has 0 aliphatic carbocycles. The van der Waals surface area contributed by atoms with Crippen LogP contribution in [0.25, 0.3) is 0 Å². The number of methoxy groups -OCH3 is 1. The number of aliphatic hydroxyl groups excluding tert-OH is 1. The second kappa shape index (κ2) is 7.11. The van der Waals surface area contributed by atoms with E-state index in [1.165, 1.54) is 12.1 Å². The summed E-state index contributed by atoms with van der Waals surface area (Å²) < 4.78 is 31.8. The van der Waals surface area contributed by atoms with Crippen molar-refractivity contribution in [2.45, 2.75) is 18.9 Å². The van der Waals surface area contributed by atoms with Gasteiger partial charge in [0.05, 0.1) is 12.7 Å². The molecule has 1 N–H and O–H groups in total. The number of nitrogens with zero attached hydrogens (tertiary/aromatic N) is 1. The number of hydrogen-bond acceptors (Lipinski definition) is 3. The molecule has 1 saturated heterocycles. The molecule has 1 aliphatic heterocycles. The minimum Gasteiger partial charge on any atom is -0.388 e. The highest BCUT2D eigenvalue weighted by molar-refractivity contribution is 5.21. The average Bonchev–Trinajstić information content (AvgIpc) is 2.87. The van der Waals surface area contributed by atoms with Gasteiger partial charge in [-0.3, -0.25) is 0 Å². The lowest BCUT2D eigenvalue weighted by Crippen LogP contribution is -2.24. The van der Waals surface area contributed by atoms with Crippen LogP contribution in [-0.4, -0.2) is 43.4 Å². The Bertz CT molecular complexity index is 442. The molecule has 0 saturated carbocycles. The maximum Gasteiger partial charge on any atom is 0.164 e.